The Balaban J connectivity index is 0.00000156. The Morgan fingerprint density at radius 1 is 0.880 bits per heavy atom. The maximum atomic E-state index is 6.23. The molecule has 1 fully saturated rings. The predicted octanol–water partition coefficient (Wildman–Crippen LogP) is 5.59. The normalized spacial score (nSPS) is 15.3. The van der Waals surface area contributed by atoms with Crippen LogP contribution in [-0.2, 0) is 13.1 Å². The number of hydrogen-bond acceptors (Lipinski definition) is 2. The summed E-state index contributed by atoms with van der Waals surface area (Å²) in [6.45, 7) is 4.04. The maximum Gasteiger partial charge on any atom is 0.0465 e. The van der Waals surface area contributed by atoms with Gasteiger partial charge >= 0.3 is 0 Å². The van der Waals surface area contributed by atoms with Crippen LogP contribution in [0.4, 0.5) is 0 Å². The molecule has 0 spiro atoms. The van der Waals surface area contributed by atoms with Gasteiger partial charge in [-0.25, -0.2) is 0 Å². The molecule has 0 aliphatic carbocycles. The summed E-state index contributed by atoms with van der Waals surface area (Å²) in [7, 11) is 0. The highest BCUT2D eigenvalue weighted by atomic mass is 35.5. The fraction of sp³-hybridized carbons (Fsp3) is 0.368. The Hall–Kier alpha value is -0.480. The Morgan fingerprint density at radius 3 is 2.08 bits per heavy atom. The summed E-state index contributed by atoms with van der Waals surface area (Å²) >= 11 is 12.5. The van der Waals surface area contributed by atoms with Crippen molar-refractivity contribution in [2.75, 3.05) is 13.1 Å². The fourth-order valence-corrected chi connectivity index (χ4v) is 3.62. The molecule has 3 rings (SSSR count). The lowest BCUT2D eigenvalue weighted by Crippen LogP contribution is -2.41. The van der Waals surface area contributed by atoms with Crippen LogP contribution >= 0.6 is 48.0 Å². The van der Waals surface area contributed by atoms with E-state index in [-0.39, 0.29) is 24.8 Å². The second kappa shape index (κ2) is 11.3. The van der Waals surface area contributed by atoms with Crippen LogP contribution in [0.5, 0.6) is 0 Å². The van der Waals surface area contributed by atoms with Gasteiger partial charge < -0.3 is 5.32 Å². The van der Waals surface area contributed by atoms with Gasteiger partial charge in [0.15, 0.2) is 0 Å². The monoisotopic (exact) mass is 420 g/mol. The molecule has 1 aliphatic heterocycles. The van der Waals surface area contributed by atoms with Crippen molar-refractivity contribution in [3.8, 4) is 0 Å². The largest absolute Gasteiger partial charge is 0.310 e. The van der Waals surface area contributed by atoms with Crippen molar-refractivity contribution in [1.82, 2.24) is 10.2 Å². The van der Waals surface area contributed by atoms with Crippen molar-refractivity contribution in [3.63, 3.8) is 0 Å². The zero-order chi connectivity index (χ0) is 16.1. The van der Waals surface area contributed by atoms with Gasteiger partial charge in [0.05, 0.1) is 0 Å². The summed E-state index contributed by atoms with van der Waals surface area (Å²) in [6, 6.07) is 16.9. The molecule has 0 aromatic heterocycles. The van der Waals surface area contributed by atoms with E-state index >= 15 is 0 Å². The van der Waals surface area contributed by atoms with Crippen molar-refractivity contribution in [3.05, 3.63) is 69.7 Å². The van der Waals surface area contributed by atoms with Crippen molar-refractivity contribution in [1.29, 1.82) is 0 Å². The van der Waals surface area contributed by atoms with Gasteiger partial charge in [-0.2, -0.15) is 0 Å². The van der Waals surface area contributed by atoms with Gasteiger partial charge in [0, 0.05) is 34.7 Å². The van der Waals surface area contributed by atoms with Crippen molar-refractivity contribution < 1.29 is 0 Å². The smallest absolute Gasteiger partial charge is 0.0465 e. The Labute approximate surface area is 172 Å². The van der Waals surface area contributed by atoms with Crippen LogP contribution in [-0.4, -0.2) is 24.0 Å². The molecule has 0 atom stereocenters. The molecule has 1 saturated heterocycles. The summed E-state index contributed by atoms with van der Waals surface area (Å²) in [4.78, 5) is 2.52. The van der Waals surface area contributed by atoms with Gasteiger partial charge in [0.25, 0.3) is 0 Å². The molecule has 25 heavy (non-hydrogen) atoms. The highest BCUT2D eigenvalue weighted by Crippen LogP contribution is 2.24. The van der Waals surface area contributed by atoms with E-state index in [0.29, 0.717) is 6.04 Å². The molecule has 0 saturated carbocycles. The summed E-state index contributed by atoms with van der Waals surface area (Å²) in [5.74, 6) is 0. The van der Waals surface area contributed by atoms with Crippen LogP contribution in [0, 0.1) is 0 Å². The molecule has 0 bridgehead atoms. The lowest BCUT2D eigenvalue weighted by Gasteiger charge is -2.32. The molecule has 0 amide bonds. The third-order valence-electron chi connectivity index (χ3n) is 4.47. The predicted molar refractivity (Wildman–Crippen MR) is 113 cm³/mol. The Bertz CT molecular complexity index is 608. The molecule has 1 aliphatic rings. The molecule has 0 radical (unpaired) electrons. The van der Waals surface area contributed by atoms with Gasteiger partial charge in [-0.15, -0.1) is 24.8 Å². The molecule has 0 unspecified atom stereocenters. The summed E-state index contributed by atoms with van der Waals surface area (Å²) in [6.07, 6.45) is 2.32. The van der Waals surface area contributed by atoms with Crippen molar-refractivity contribution >= 4 is 48.0 Å². The fourth-order valence-electron chi connectivity index (χ4n) is 3.08. The molecule has 2 aromatic rings. The van der Waals surface area contributed by atoms with Gasteiger partial charge in [-0.1, -0.05) is 59.6 Å². The Morgan fingerprint density at radius 2 is 1.48 bits per heavy atom. The molecular formula is C19H24Cl4N2. The molecular weight excluding hydrogens is 398 g/mol. The number of hydrogen-bond donors (Lipinski definition) is 1. The zero-order valence-corrected chi connectivity index (χ0v) is 17.1. The van der Waals surface area contributed by atoms with Gasteiger partial charge in [0.2, 0.25) is 0 Å². The van der Waals surface area contributed by atoms with E-state index in [1.165, 1.54) is 5.56 Å². The number of nitrogens with one attached hydrogen (secondary N) is 1. The number of likely N-dealkylation sites (tertiary alicyclic amines) is 1. The molecule has 2 aromatic carbocycles. The maximum absolute atomic E-state index is 6.23. The summed E-state index contributed by atoms with van der Waals surface area (Å²) in [5, 5.41) is 5.09. The van der Waals surface area contributed by atoms with Gasteiger partial charge in [0.1, 0.15) is 0 Å². The molecule has 2 nitrogen and oxygen atoms in total. The van der Waals surface area contributed by atoms with E-state index in [0.717, 1.165) is 54.6 Å². The second-order valence-electron chi connectivity index (χ2n) is 6.12. The first-order valence-corrected chi connectivity index (χ1v) is 8.90. The van der Waals surface area contributed by atoms with E-state index in [4.69, 9.17) is 23.2 Å². The standard InChI is InChI=1S/C19H22Cl2N2.2ClH/c20-18-7-4-8-19(21)17(18)13-22-16-9-11-23(12-10-16)14-15-5-2-1-3-6-15;;/h1-8,16,22H,9-14H2;2*1H. The molecule has 1 N–H and O–H groups in total. The third kappa shape index (κ3) is 6.63. The number of benzene rings is 2. The molecule has 138 valence electrons. The van der Waals surface area contributed by atoms with Crippen LogP contribution in [0.15, 0.2) is 48.5 Å². The number of halogens is 4. The first kappa shape index (κ1) is 22.6. The minimum atomic E-state index is 0. The van der Waals surface area contributed by atoms with Gasteiger partial charge in [-0.05, 0) is 43.6 Å². The number of rotatable bonds is 5. The lowest BCUT2D eigenvalue weighted by molar-refractivity contribution is 0.190. The van der Waals surface area contributed by atoms with Crippen molar-refractivity contribution in [2.45, 2.75) is 32.0 Å². The van der Waals surface area contributed by atoms with Gasteiger partial charge in [-0.3, -0.25) is 4.90 Å². The number of piperidine rings is 1. The summed E-state index contributed by atoms with van der Waals surface area (Å²) in [5.41, 5.74) is 2.39. The van der Waals surface area contributed by atoms with Crippen LogP contribution in [0.2, 0.25) is 10.0 Å². The van der Waals surface area contributed by atoms with Crippen LogP contribution in [0.25, 0.3) is 0 Å². The van der Waals surface area contributed by atoms with E-state index in [1.54, 1.807) is 0 Å². The van der Waals surface area contributed by atoms with Crippen LogP contribution in [0.1, 0.15) is 24.0 Å². The lowest BCUT2D eigenvalue weighted by atomic mass is 10.0. The van der Waals surface area contributed by atoms with E-state index in [1.807, 2.05) is 18.2 Å². The molecule has 6 heteroatoms. The van der Waals surface area contributed by atoms with Crippen LogP contribution in [0.3, 0.4) is 0 Å². The first-order chi connectivity index (χ1) is 11.2. The number of nitrogens with zero attached hydrogens (tertiary/aromatic N) is 1. The van der Waals surface area contributed by atoms with Crippen LogP contribution < -0.4 is 5.32 Å². The van der Waals surface area contributed by atoms with E-state index in [9.17, 15) is 0 Å². The average Bonchev–Trinajstić information content (AvgIpc) is 2.57. The average molecular weight is 422 g/mol. The van der Waals surface area contributed by atoms with E-state index in [2.05, 4.69) is 40.5 Å². The topological polar surface area (TPSA) is 15.3 Å². The molecule has 1 heterocycles. The second-order valence-corrected chi connectivity index (χ2v) is 6.93. The third-order valence-corrected chi connectivity index (χ3v) is 5.17. The highest BCUT2D eigenvalue weighted by Gasteiger charge is 2.19. The van der Waals surface area contributed by atoms with E-state index < -0.39 is 0 Å². The quantitative estimate of drug-likeness (QED) is 0.676. The zero-order valence-electron chi connectivity index (χ0n) is 14.0. The first-order valence-electron chi connectivity index (χ1n) is 8.15. The minimum absolute atomic E-state index is 0. The summed E-state index contributed by atoms with van der Waals surface area (Å²) < 4.78 is 0. The SMILES string of the molecule is Cl.Cl.Clc1cccc(Cl)c1CNC1CCN(Cc2ccccc2)CC1. The minimum Gasteiger partial charge on any atom is -0.310 e. The van der Waals surface area contributed by atoms with Crippen molar-refractivity contribution in [2.24, 2.45) is 0 Å². The Kier molecular flexibility index (Phi) is 10.2. The highest BCUT2D eigenvalue weighted by molar-refractivity contribution is 6.35.